The summed E-state index contributed by atoms with van der Waals surface area (Å²) in [5.74, 6) is 0.202. The normalized spacial score (nSPS) is 15.6. The summed E-state index contributed by atoms with van der Waals surface area (Å²) in [7, 11) is -3.87. The highest BCUT2D eigenvalue weighted by molar-refractivity contribution is 14.1. The van der Waals surface area contributed by atoms with Crippen molar-refractivity contribution in [3.63, 3.8) is 0 Å². The summed E-state index contributed by atoms with van der Waals surface area (Å²) >= 11 is 2.13. The van der Waals surface area contributed by atoms with Crippen LogP contribution in [0, 0.1) is 3.57 Å². The van der Waals surface area contributed by atoms with Crippen LogP contribution in [0.2, 0.25) is 0 Å². The topological polar surface area (TPSA) is 75.3 Å². The Kier molecular flexibility index (Phi) is 8.39. The third-order valence-corrected chi connectivity index (χ3v) is 8.48. The molecule has 3 aromatic carbocycles. The lowest BCUT2D eigenvalue weighted by molar-refractivity contribution is -0.117. The lowest BCUT2D eigenvalue weighted by atomic mass is 9.84. The molecule has 1 atom stereocenters. The second-order valence-electron chi connectivity index (χ2n) is 8.76. The lowest BCUT2D eigenvalue weighted by Crippen LogP contribution is -2.45. The minimum absolute atomic E-state index is 0.135. The Hall–Kier alpha value is -2.23. The molecule has 0 spiro atoms. The molecule has 1 aliphatic carbocycles. The number of amides is 1. The largest absolute Gasteiger partial charge is 0.325 e. The van der Waals surface area contributed by atoms with Crippen molar-refractivity contribution in [1.82, 2.24) is 4.72 Å². The fourth-order valence-corrected chi connectivity index (χ4v) is 5.97. The summed E-state index contributed by atoms with van der Waals surface area (Å²) in [5.41, 5.74) is 2.84. The van der Waals surface area contributed by atoms with E-state index < -0.39 is 16.1 Å². The lowest BCUT2D eigenvalue weighted by Gasteiger charge is -2.22. The van der Waals surface area contributed by atoms with Gasteiger partial charge in [0.2, 0.25) is 15.9 Å². The van der Waals surface area contributed by atoms with Crippen molar-refractivity contribution >= 4 is 44.2 Å². The van der Waals surface area contributed by atoms with E-state index in [1.807, 2.05) is 42.5 Å². The van der Waals surface area contributed by atoms with Crippen LogP contribution >= 0.6 is 22.6 Å². The van der Waals surface area contributed by atoms with E-state index in [4.69, 9.17) is 0 Å². The number of anilines is 1. The molecule has 0 bridgehead atoms. The molecular formula is C27H29IN2O3S. The van der Waals surface area contributed by atoms with Gasteiger partial charge < -0.3 is 5.32 Å². The Morgan fingerprint density at radius 2 is 1.53 bits per heavy atom. The fourth-order valence-electron chi connectivity index (χ4n) is 4.41. The Balaban J connectivity index is 1.51. The van der Waals surface area contributed by atoms with Crippen molar-refractivity contribution in [2.24, 2.45) is 0 Å². The molecule has 0 saturated heterocycles. The average molecular weight is 589 g/mol. The van der Waals surface area contributed by atoms with Gasteiger partial charge in [-0.15, -0.1) is 0 Å². The van der Waals surface area contributed by atoms with Crippen molar-refractivity contribution in [2.75, 3.05) is 5.32 Å². The van der Waals surface area contributed by atoms with Crippen molar-refractivity contribution in [3.8, 4) is 0 Å². The van der Waals surface area contributed by atoms with Gasteiger partial charge in [0.15, 0.2) is 0 Å². The van der Waals surface area contributed by atoms with Crippen molar-refractivity contribution in [2.45, 2.75) is 55.4 Å². The molecule has 7 heteroatoms. The van der Waals surface area contributed by atoms with Crippen LogP contribution in [0.4, 0.5) is 5.69 Å². The third-order valence-electron chi connectivity index (χ3n) is 6.28. The van der Waals surface area contributed by atoms with Gasteiger partial charge in [-0.05, 0) is 95.3 Å². The van der Waals surface area contributed by atoms with Crippen LogP contribution < -0.4 is 10.0 Å². The van der Waals surface area contributed by atoms with E-state index in [9.17, 15) is 13.2 Å². The number of rotatable bonds is 8. The molecule has 5 nitrogen and oxygen atoms in total. The molecule has 3 aromatic rings. The Morgan fingerprint density at radius 3 is 2.18 bits per heavy atom. The van der Waals surface area contributed by atoms with Crippen LogP contribution in [0.1, 0.15) is 49.1 Å². The van der Waals surface area contributed by atoms with Crippen molar-refractivity contribution < 1.29 is 13.2 Å². The number of carbonyl (C=O) groups is 1. The SMILES string of the molecule is O=C(Nc1ccc(C2CCCCC2)cc1)[C@@H](Cc1ccccc1)NS(=O)(=O)c1ccc(I)cc1. The number of benzene rings is 3. The molecule has 1 aliphatic rings. The van der Waals surface area contributed by atoms with Crippen molar-refractivity contribution in [3.05, 3.63) is 93.6 Å². The number of carbonyl (C=O) groups excluding carboxylic acids is 1. The predicted octanol–water partition coefficient (Wildman–Crippen LogP) is 5.87. The first-order chi connectivity index (χ1) is 16.4. The quantitative estimate of drug-likeness (QED) is 0.324. The minimum atomic E-state index is -3.87. The van der Waals surface area contributed by atoms with Gasteiger partial charge in [-0.2, -0.15) is 4.72 Å². The summed E-state index contributed by atoms with van der Waals surface area (Å²) < 4.78 is 29.6. The van der Waals surface area contributed by atoms with Crippen LogP contribution in [-0.4, -0.2) is 20.4 Å². The van der Waals surface area contributed by atoms with Crippen LogP contribution in [-0.2, 0) is 21.2 Å². The molecule has 0 heterocycles. The number of nitrogens with one attached hydrogen (secondary N) is 2. The molecular weight excluding hydrogens is 559 g/mol. The third kappa shape index (κ3) is 6.67. The van der Waals surface area contributed by atoms with E-state index in [0.29, 0.717) is 11.6 Å². The van der Waals surface area contributed by atoms with Gasteiger partial charge >= 0.3 is 0 Å². The standard InChI is InChI=1S/C27H29IN2O3S/c28-23-13-17-25(18-14-23)34(32,33)30-26(19-20-7-3-1-4-8-20)27(31)29-24-15-11-22(12-16-24)21-9-5-2-6-10-21/h1,3-4,7-8,11-18,21,26,30H,2,5-6,9-10,19H2,(H,29,31)/t26-/m1/s1. The Morgan fingerprint density at radius 1 is 0.882 bits per heavy atom. The highest BCUT2D eigenvalue weighted by Crippen LogP contribution is 2.33. The van der Waals surface area contributed by atoms with Gasteiger partial charge in [0.05, 0.1) is 4.90 Å². The number of hydrogen-bond donors (Lipinski definition) is 2. The van der Waals surface area contributed by atoms with E-state index >= 15 is 0 Å². The van der Waals surface area contributed by atoms with Gasteiger partial charge in [-0.3, -0.25) is 4.79 Å². The van der Waals surface area contributed by atoms with Crippen molar-refractivity contribution in [1.29, 1.82) is 0 Å². The maximum atomic E-state index is 13.2. The van der Waals surface area contributed by atoms with Crippen LogP contribution in [0.15, 0.2) is 83.8 Å². The van der Waals surface area contributed by atoms with E-state index in [1.165, 1.54) is 37.7 Å². The molecule has 2 N–H and O–H groups in total. The summed E-state index contributed by atoms with van der Waals surface area (Å²) in [6.07, 6.45) is 6.52. The zero-order chi connectivity index (χ0) is 24.0. The molecule has 0 radical (unpaired) electrons. The first-order valence-corrected chi connectivity index (χ1v) is 14.2. The first-order valence-electron chi connectivity index (χ1n) is 11.6. The average Bonchev–Trinajstić information content (AvgIpc) is 2.85. The Labute approximate surface area is 215 Å². The Bertz CT molecular complexity index is 1190. The van der Waals surface area contributed by atoms with Gasteiger partial charge in [-0.25, -0.2) is 8.42 Å². The highest BCUT2D eigenvalue weighted by atomic mass is 127. The molecule has 0 aromatic heterocycles. The second-order valence-corrected chi connectivity index (χ2v) is 11.7. The molecule has 1 saturated carbocycles. The highest BCUT2D eigenvalue weighted by Gasteiger charge is 2.26. The van der Waals surface area contributed by atoms with E-state index in [1.54, 1.807) is 24.3 Å². The number of halogens is 1. The molecule has 0 aliphatic heterocycles. The predicted molar refractivity (Wildman–Crippen MR) is 144 cm³/mol. The van der Waals surface area contributed by atoms with Gasteiger partial charge in [-0.1, -0.05) is 61.7 Å². The molecule has 4 rings (SSSR count). The summed E-state index contributed by atoms with van der Waals surface area (Å²) in [4.78, 5) is 13.4. The molecule has 178 valence electrons. The zero-order valence-electron chi connectivity index (χ0n) is 18.9. The number of hydrogen-bond acceptors (Lipinski definition) is 3. The maximum absolute atomic E-state index is 13.2. The summed E-state index contributed by atoms with van der Waals surface area (Å²) in [6, 6.07) is 23.0. The molecule has 34 heavy (non-hydrogen) atoms. The van der Waals surface area contributed by atoms with E-state index in [-0.39, 0.29) is 17.2 Å². The number of sulfonamides is 1. The van der Waals surface area contributed by atoms with Crippen LogP contribution in [0.5, 0.6) is 0 Å². The van der Waals surface area contributed by atoms with E-state index in [0.717, 1.165) is 9.13 Å². The fraction of sp³-hybridized carbons (Fsp3) is 0.296. The first kappa shape index (κ1) is 24.9. The summed E-state index contributed by atoms with van der Waals surface area (Å²) in [6.45, 7) is 0. The van der Waals surface area contributed by atoms with Crippen LogP contribution in [0.3, 0.4) is 0 Å². The van der Waals surface area contributed by atoms with Crippen LogP contribution in [0.25, 0.3) is 0 Å². The zero-order valence-corrected chi connectivity index (χ0v) is 21.9. The monoisotopic (exact) mass is 588 g/mol. The minimum Gasteiger partial charge on any atom is -0.325 e. The molecule has 0 unspecified atom stereocenters. The molecule has 1 fully saturated rings. The maximum Gasteiger partial charge on any atom is 0.242 e. The van der Waals surface area contributed by atoms with Gasteiger partial charge in [0.25, 0.3) is 0 Å². The van der Waals surface area contributed by atoms with Gasteiger partial charge in [0, 0.05) is 9.26 Å². The molecule has 1 amide bonds. The second kappa shape index (κ2) is 11.5. The van der Waals surface area contributed by atoms with E-state index in [2.05, 4.69) is 44.8 Å². The summed E-state index contributed by atoms with van der Waals surface area (Å²) in [5, 5.41) is 2.91. The smallest absolute Gasteiger partial charge is 0.242 e. The van der Waals surface area contributed by atoms with Gasteiger partial charge in [0.1, 0.15) is 6.04 Å².